The first-order valence-electron chi connectivity index (χ1n) is 6.11. The predicted octanol–water partition coefficient (Wildman–Crippen LogP) is 2.39. The van der Waals surface area contributed by atoms with Crippen LogP contribution in [0.25, 0.3) is 0 Å². The summed E-state index contributed by atoms with van der Waals surface area (Å²) < 4.78 is 27.2. The lowest BCUT2D eigenvalue weighted by Crippen LogP contribution is -2.14. The number of aryl methyl sites for hydroxylation is 2. The third-order valence-electron chi connectivity index (χ3n) is 3.12. The molecule has 0 fully saturated rings. The Hall–Kier alpha value is -2.08. The lowest BCUT2D eigenvalue weighted by molar-refractivity contribution is 0.601. The summed E-state index contributed by atoms with van der Waals surface area (Å²) in [5.41, 5.74) is 9.34. The Balaban J connectivity index is 2.41. The van der Waals surface area contributed by atoms with Crippen molar-refractivity contribution in [1.82, 2.24) is 4.98 Å². The number of aromatic nitrogens is 1. The molecule has 0 unspecified atom stereocenters. The maximum atomic E-state index is 12.3. The average molecular weight is 291 g/mol. The number of hydrogen-bond donors (Lipinski definition) is 2. The first-order chi connectivity index (χ1) is 9.29. The maximum absolute atomic E-state index is 12.3. The van der Waals surface area contributed by atoms with Crippen molar-refractivity contribution in [3.05, 3.63) is 47.3 Å². The van der Waals surface area contributed by atoms with Gasteiger partial charge in [0.25, 0.3) is 10.0 Å². The van der Waals surface area contributed by atoms with Crippen LogP contribution < -0.4 is 10.5 Å². The normalized spacial score (nSPS) is 11.3. The minimum absolute atomic E-state index is 0.152. The Morgan fingerprint density at radius 3 is 2.40 bits per heavy atom. The number of sulfonamides is 1. The molecule has 1 heterocycles. The van der Waals surface area contributed by atoms with Crippen molar-refractivity contribution in [2.24, 2.45) is 0 Å². The van der Waals surface area contributed by atoms with Crippen LogP contribution >= 0.6 is 0 Å². The Morgan fingerprint density at radius 2 is 1.80 bits per heavy atom. The molecule has 0 atom stereocenters. The van der Waals surface area contributed by atoms with Crippen LogP contribution in [0, 0.1) is 20.8 Å². The molecule has 1 aromatic carbocycles. The fourth-order valence-corrected chi connectivity index (χ4v) is 2.99. The molecule has 1 aromatic heterocycles. The van der Waals surface area contributed by atoms with Crippen LogP contribution in [0.15, 0.2) is 35.5 Å². The molecule has 0 spiro atoms. The second kappa shape index (κ2) is 5.13. The monoisotopic (exact) mass is 291 g/mol. The van der Waals surface area contributed by atoms with E-state index >= 15 is 0 Å². The number of nitrogens with one attached hydrogen (secondary N) is 1. The van der Waals surface area contributed by atoms with Crippen LogP contribution in [0.4, 0.5) is 11.4 Å². The molecule has 5 nitrogen and oxygen atoms in total. The first kappa shape index (κ1) is 14.3. The van der Waals surface area contributed by atoms with Crippen molar-refractivity contribution in [1.29, 1.82) is 0 Å². The molecule has 3 N–H and O–H groups in total. The van der Waals surface area contributed by atoms with Gasteiger partial charge in [-0.15, -0.1) is 0 Å². The van der Waals surface area contributed by atoms with Gasteiger partial charge in [-0.1, -0.05) is 0 Å². The molecule has 0 aliphatic rings. The van der Waals surface area contributed by atoms with Gasteiger partial charge in [-0.05, 0) is 55.7 Å². The number of nitrogens with zero attached hydrogens (tertiary/aromatic N) is 1. The van der Waals surface area contributed by atoms with Crippen LogP contribution in [0.3, 0.4) is 0 Å². The zero-order valence-corrected chi connectivity index (χ0v) is 12.5. The van der Waals surface area contributed by atoms with Crippen LogP contribution in [0.5, 0.6) is 0 Å². The molecule has 2 aromatic rings. The van der Waals surface area contributed by atoms with Crippen LogP contribution in [0.1, 0.15) is 16.7 Å². The molecule has 0 saturated heterocycles. The van der Waals surface area contributed by atoms with E-state index in [1.807, 2.05) is 20.8 Å². The van der Waals surface area contributed by atoms with E-state index in [0.29, 0.717) is 11.4 Å². The summed E-state index contributed by atoms with van der Waals surface area (Å²) in [4.78, 5) is 4.11. The molecule has 0 saturated carbocycles. The quantitative estimate of drug-likeness (QED) is 0.850. The standard InChI is InChI=1S/C14H17N3O2S/c1-9-4-12(8-16-7-9)17-20(18,19)13-5-10(2)11(3)14(15)6-13/h4-8,17H,15H2,1-3H3. The molecule has 0 amide bonds. The topological polar surface area (TPSA) is 85.1 Å². The van der Waals surface area contributed by atoms with Crippen LogP contribution in [-0.2, 0) is 10.0 Å². The van der Waals surface area contributed by atoms with Crippen molar-refractivity contribution in [2.45, 2.75) is 25.7 Å². The summed E-state index contributed by atoms with van der Waals surface area (Å²) >= 11 is 0. The summed E-state index contributed by atoms with van der Waals surface area (Å²) in [6.07, 6.45) is 3.13. The van der Waals surface area contributed by atoms with E-state index in [0.717, 1.165) is 16.7 Å². The fourth-order valence-electron chi connectivity index (χ4n) is 1.83. The van der Waals surface area contributed by atoms with Crippen molar-refractivity contribution in [3.8, 4) is 0 Å². The van der Waals surface area contributed by atoms with E-state index < -0.39 is 10.0 Å². The Morgan fingerprint density at radius 1 is 1.10 bits per heavy atom. The van der Waals surface area contributed by atoms with Gasteiger partial charge in [-0.2, -0.15) is 0 Å². The summed E-state index contributed by atoms with van der Waals surface area (Å²) in [5.74, 6) is 0. The summed E-state index contributed by atoms with van der Waals surface area (Å²) in [6, 6.07) is 4.79. The molecular weight excluding hydrogens is 274 g/mol. The van der Waals surface area contributed by atoms with E-state index in [1.54, 1.807) is 18.3 Å². The molecule has 106 valence electrons. The van der Waals surface area contributed by atoms with Crippen LogP contribution in [-0.4, -0.2) is 13.4 Å². The first-order valence-corrected chi connectivity index (χ1v) is 7.59. The molecule has 20 heavy (non-hydrogen) atoms. The number of benzene rings is 1. The van der Waals surface area contributed by atoms with Crippen molar-refractivity contribution >= 4 is 21.4 Å². The number of pyridine rings is 1. The second-order valence-corrected chi connectivity index (χ2v) is 6.49. The van der Waals surface area contributed by atoms with Gasteiger partial charge in [0.05, 0.1) is 16.8 Å². The van der Waals surface area contributed by atoms with Gasteiger partial charge in [-0.25, -0.2) is 8.42 Å². The fraction of sp³-hybridized carbons (Fsp3) is 0.214. The Kier molecular flexibility index (Phi) is 3.67. The lowest BCUT2D eigenvalue weighted by atomic mass is 10.1. The lowest BCUT2D eigenvalue weighted by Gasteiger charge is -2.11. The van der Waals surface area contributed by atoms with Crippen molar-refractivity contribution in [3.63, 3.8) is 0 Å². The highest BCUT2D eigenvalue weighted by molar-refractivity contribution is 7.92. The average Bonchev–Trinajstić information content (AvgIpc) is 2.34. The third kappa shape index (κ3) is 2.91. The molecule has 6 heteroatoms. The molecule has 0 aliphatic carbocycles. The highest BCUT2D eigenvalue weighted by atomic mass is 32.2. The number of nitrogen functional groups attached to an aromatic ring is 1. The minimum atomic E-state index is -3.66. The molecule has 0 radical (unpaired) electrons. The molecule has 0 bridgehead atoms. The number of hydrogen-bond acceptors (Lipinski definition) is 4. The molecule has 0 aliphatic heterocycles. The van der Waals surface area contributed by atoms with Gasteiger partial charge in [0.2, 0.25) is 0 Å². The van der Waals surface area contributed by atoms with Gasteiger partial charge in [0.1, 0.15) is 0 Å². The molecule has 2 rings (SSSR count). The van der Waals surface area contributed by atoms with E-state index in [1.165, 1.54) is 12.3 Å². The van der Waals surface area contributed by atoms with Gasteiger partial charge in [-0.3, -0.25) is 9.71 Å². The second-order valence-electron chi connectivity index (χ2n) is 4.81. The SMILES string of the molecule is Cc1cncc(NS(=O)(=O)c2cc(C)c(C)c(N)c2)c1. The molecular formula is C14H17N3O2S. The Labute approximate surface area is 118 Å². The number of rotatable bonds is 3. The smallest absolute Gasteiger partial charge is 0.262 e. The maximum Gasteiger partial charge on any atom is 0.262 e. The largest absolute Gasteiger partial charge is 0.398 e. The predicted molar refractivity (Wildman–Crippen MR) is 80.1 cm³/mol. The summed E-state index contributed by atoms with van der Waals surface area (Å²) in [5, 5.41) is 0. The zero-order valence-electron chi connectivity index (χ0n) is 11.6. The highest BCUT2D eigenvalue weighted by Gasteiger charge is 2.16. The van der Waals surface area contributed by atoms with E-state index in [9.17, 15) is 8.42 Å². The minimum Gasteiger partial charge on any atom is -0.398 e. The summed E-state index contributed by atoms with van der Waals surface area (Å²) in [6.45, 7) is 5.54. The van der Waals surface area contributed by atoms with Crippen molar-refractivity contribution in [2.75, 3.05) is 10.5 Å². The third-order valence-corrected chi connectivity index (χ3v) is 4.48. The van der Waals surface area contributed by atoms with Gasteiger partial charge >= 0.3 is 0 Å². The summed E-state index contributed by atoms with van der Waals surface area (Å²) in [7, 11) is -3.66. The Bertz CT molecular complexity index is 732. The van der Waals surface area contributed by atoms with Crippen molar-refractivity contribution < 1.29 is 8.42 Å². The van der Waals surface area contributed by atoms with Crippen LogP contribution in [0.2, 0.25) is 0 Å². The van der Waals surface area contributed by atoms with Gasteiger partial charge in [0, 0.05) is 11.9 Å². The van der Waals surface area contributed by atoms with E-state index in [-0.39, 0.29) is 4.90 Å². The zero-order chi connectivity index (χ0) is 14.9. The van der Waals surface area contributed by atoms with Gasteiger partial charge in [0.15, 0.2) is 0 Å². The number of anilines is 2. The highest BCUT2D eigenvalue weighted by Crippen LogP contribution is 2.23. The van der Waals surface area contributed by atoms with E-state index in [4.69, 9.17) is 5.73 Å². The number of nitrogens with two attached hydrogens (primary N) is 1. The van der Waals surface area contributed by atoms with E-state index in [2.05, 4.69) is 9.71 Å². The van der Waals surface area contributed by atoms with Gasteiger partial charge < -0.3 is 5.73 Å².